The molecule has 0 radical (unpaired) electrons. The number of halogens is 1. The van der Waals surface area contributed by atoms with Crippen LogP contribution in [0.25, 0.3) is 6.08 Å². The minimum atomic E-state index is -0.535. The van der Waals surface area contributed by atoms with E-state index in [1.165, 1.54) is 0 Å². The molecule has 29 heavy (non-hydrogen) atoms. The van der Waals surface area contributed by atoms with Crippen molar-refractivity contribution in [3.8, 4) is 11.5 Å². The van der Waals surface area contributed by atoms with Crippen LogP contribution in [-0.4, -0.2) is 18.5 Å². The molecule has 150 valence electrons. The van der Waals surface area contributed by atoms with Crippen LogP contribution in [0.5, 0.6) is 11.5 Å². The van der Waals surface area contributed by atoms with E-state index >= 15 is 0 Å². The molecule has 7 heteroatoms. The first kappa shape index (κ1) is 20.7. The van der Waals surface area contributed by atoms with Crippen molar-refractivity contribution in [2.45, 2.75) is 20.0 Å². The zero-order chi connectivity index (χ0) is 20.8. The molecule has 3 rings (SSSR count). The summed E-state index contributed by atoms with van der Waals surface area (Å²) in [4.78, 5) is 23.2. The molecule has 3 amide bonds. The van der Waals surface area contributed by atoms with Crippen LogP contribution in [0.2, 0.25) is 0 Å². The van der Waals surface area contributed by atoms with Gasteiger partial charge in [-0.05, 0) is 54.8 Å². The Kier molecular flexibility index (Phi) is 6.72. The third kappa shape index (κ3) is 5.26. The lowest BCUT2D eigenvalue weighted by Crippen LogP contribution is -2.22. The molecule has 0 aliphatic carbocycles. The van der Waals surface area contributed by atoms with Crippen LogP contribution >= 0.6 is 15.9 Å². The van der Waals surface area contributed by atoms with E-state index < -0.39 is 11.9 Å². The van der Waals surface area contributed by atoms with Gasteiger partial charge in [0.2, 0.25) is 0 Å². The summed E-state index contributed by atoms with van der Waals surface area (Å²) in [7, 11) is 0. The third-order valence-electron chi connectivity index (χ3n) is 4.15. The minimum Gasteiger partial charge on any atom is -0.490 e. The standard InChI is InChI=1S/C22H21BrN2O4/c1-3-5-16-10-15(11-18-21(26)25-22(27)24-18)12-19(28-4-2)20(16)29-13-14-6-8-17(23)9-7-14/h3,6-12H,1,4-5,13H2,2H3,(H2,24,25,26,27). The Labute approximate surface area is 177 Å². The SMILES string of the molecule is C=CCc1cc(C=C2NC(=O)NC2=O)cc(OCC)c1OCc1ccc(Br)cc1. The Balaban J connectivity index is 1.94. The molecule has 1 aliphatic heterocycles. The number of urea groups is 1. The molecule has 0 spiro atoms. The van der Waals surface area contributed by atoms with Crippen LogP contribution < -0.4 is 20.1 Å². The summed E-state index contributed by atoms with van der Waals surface area (Å²) in [5.41, 5.74) is 2.80. The molecule has 1 aliphatic rings. The molecule has 0 saturated carbocycles. The van der Waals surface area contributed by atoms with Gasteiger partial charge in [0, 0.05) is 10.0 Å². The van der Waals surface area contributed by atoms with Crippen molar-refractivity contribution in [3.05, 3.63) is 75.9 Å². The van der Waals surface area contributed by atoms with Crippen molar-refractivity contribution < 1.29 is 19.1 Å². The Hall–Kier alpha value is -3.06. The number of hydrogen-bond acceptors (Lipinski definition) is 4. The van der Waals surface area contributed by atoms with E-state index in [0.29, 0.717) is 36.7 Å². The van der Waals surface area contributed by atoms with Crippen LogP contribution in [0.4, 0.5) is 4.79 Å². The molecule has 0 atom stereocenters. The normalized spacial score (nSPS) is 14.5. The van der Waals surface area contributed by atoms with Gasteiger partial charge in [-0.1, -0.05) is 34.1 Å². The van der Waals surface area contributed by atoms with Crippen LogP contribution in [0.15, 0.2) is 59.2 Å². The monoisotopic (exact) mass is 456 g/mol. The van der Waals surface area contributed by atoms with Gasteiger partial charge in [0.05, 0.1) is 6.61 Å². The fourth-order valence-electron chi connectivity index (χ4n) is 2.89. The zero-order valence-electron chi connectivity index (χ0n) is 16.0. The lowest BCUT2D eigenvalue weighted by atomic mass is 10.0. The highest BCUT2D eigenvalue weighted by Gasteiger charge is 2.23. The average molecular weight is 457 g/mol. The van der Waals surface area contributed by atoms with Gasteiger partial charge in [0.15, 0.2) is 11.5 Å². The second kappa shape index (κ2) is 9.43. The van der Waals surface area contributed by atoms with E-state index in [0.717, 1.165) is 15.6 Å². The molecule has 2 aromatic carbocycles. The maximum absolute atomic E-state index is 11.8. The number of hydrogen-bond donors (Lipinski definition) is 2. The number of ether oxygens (including phenoxy) is 2. The number of rotatable bonds is 8. The van der Waals surface area contributed by atoms with Crippen molar-refractivity contribution in [1.29, 1.82) is 0 Å². The molecule has 1 fully saturated rings. The first-order valence-electron chi connectivity index (χ1n) is 9.12. The molecule has 6 nitrogen and oxygen atoms in total. The summed E-state index contributed by atoms with van der Waals surface area (Å²) in [6.07, 6.45) is 3.94. The fraction of sp³-hybridized carbons (Fsp3) is 0.182. The number of imide groups is 1. The molecule has 1 heterocycles. The Morgan fingerprint density at radius 3 is 2.48 bits per heavy atom. The highest BCUT2D eigenvalue weighted by atomic mass is 79.9. The second-order valence-electron chi connectivity index (χ2n) is 6.31. The molecular formula is C22H21BrN2O4. The van der Waals surface area contributed by atoms with Crippen LogP contribution in [0.1, 0.15) is 23.6 Å². The minimum absolute atomic E-state index is 0.186. The predicted molar refractivity (Wildman–Crippen MR) is 115 cm³/mol. The van der Waals surface area contributed by atoms with E-state index in [-0.39, 0.29) is 5.70 Å². The van der Waals surface area contributed by atoms with Crippen molar-refractivity contribution in [1.82, 2.24) is 10.6 Å². The van der Waals surface area contributed by atoms with E-state index in [1.807, 2.05) is 37.3 Å². The lowest BCUT2D eigenvalue weighted by Gasteiger charge is -2.17. The van der Waals surface area contributed by atoms with Crippen LogP contribution in [0, 0.1) is 0 Å². The topological polar surface area (TPSA) is 76.7 Å². The van der Waals surface area contributed by atoms with Crippen molar-refractivity contribution in [2.24, 2.45) is 0 Å². The second-order valence-corrected chi connectivity index (χ2v) is 7.23. The van der Waals surface area contributed by atoms with E-state index in [1.54, 1.807) is 18.2 Å². The van der Waals surface area contributed by atoms with E-state index in [2.05, 4.69) is 33.1 Å². The molecule has 0 bridgehead atoms. The molecule has 0 unspecified atom stereocenters. The number of allylic oxidation sites excluding steroid dienone is 1. The summed E-state index contributed by atoms with van der Waals surface area (Å²) < 4.78 is 12.9. The first-order valence-corrected chi connectivity index (χ1v) is 9.91. The number of carbonyl (C=O) groups excluding carboxylic acids is 2. The lowest BCUT2D eigenvalue weighted by molar-refractivity contribution is -0.115. The predicted octanol–water partition coefficient (Wildman–Crippen LogP) is 4.34. The van der Waals surface area contributed by atoms with Crippen LogP contribution in [-0.2, 0) is 17.8 Å². The number of benzene rings is 2. The van der Waals surface area contributed by atoms with Gasteiger partial charge in [-0.2, -0.15) is 0 Å². The third-order valence-corrected chi connectivity index (χ3v) is 4.67. The Morgan fingerprint density at radius 2 is 1.86 bits per heavy atom. The van der Waals surface area contributed by atoms with E-state index in [9.17, 15) is 9.59 Å². The number of amides is 3. The summed E-state index contributed by atoms with van der Waals surface area (Å²) >= 11 is 3.43. The smallest absolute Gasteiger partial charge is 0.326 e. The van der Waals surface area contributed by atoms with Crippen molar-refractivity contribution in [3.63, 3.8) is 0 Å². The maximum atomic E-state index is 11.8. The highest BCUT2D eigenvalue weighted by molar-refractivity contribution is 9.10. The van der Waals surface area contributed by atoms with Gasteiger partial charge in [-0.3, -0.25) is 10.1 Å². The summed E-state index contributed by atoms with van der Waals surface area (Å²) in [6, 6.07) is 11.0. The largest absolute Gasteiger partial charge is 0.490 e. The molecule has 0 aromatic heterocycles. The first-order chi connectivity index (χ1) is 14.0. The Morgan fingerprint density at radius 1 is 1.10 bits per heavy atom. The van der Waals surface area contributed by atoms with Crippen molar-refractivity contribution in [2.75, 3.05) is 6.61 Å². The maximum Gasteiger partial charge on any atom is 0.326 e. The van der Waals surface area contributed by atoms with E-state index in [4.69, 9.17) is 9.47 Å². The quantitative estimate of drug-likeness (QED) is 0.352. The van der Waals surface area contributed by atoms with Gasteiger partial charge in [-0.15, -0.1) is 6.58 Å². The van der Waals surface area contributed by atoms with Gasteiger partial charge >= 0.3 is 6.03 Å². The average Bonchev–Trinajstić information content (AvgIpc) is 3.00. The fourth-order valence-corrected chi connectivity index (χ4v) is 3.15. The molecule has 2 aromatic rings. The summed E-state index contributed by atoms with van der Waals surface area (Å²) in [5.74, 6) is 0.742. The van der Waals surface area contributed by atoms with Gasteiger partial charge in [-0.25, -0.2) is 4.79 Å². The molecule has 1 saturated heterocycles. The number of carbonyl (C=O) groups is 2. The summed E-state index contributed by atoms with van der Waals surface area (Å²) in [6.45, 7) is 6.55. The molecule has 2 N–H and O–H groups in total. The summed E-state index contributed by atoms with van der Waals surface area (Å²) in [5, 5.41) is 4.67. The number of nitrogens with one attached hydrogen (secondary N) is 2. The van der Waals surface area contributed by atoms with Gasteiger partial charge < -0.3 is 14.8 Å². The van der Waals surface area contributed by atoms with Crippen molar-refractivity contribution >= 4 is 33.9 Å². The van der Waals surface area contributed by atoms with Crippen LogP contribution in [0.3, 0.4) is 0 Å². The highest BCUT2D eigenvalue weighted by Crippen LogP contribution is 2.35. The zero-order valence-corrected chi connectivity index (χ0v) is 17.5. The van der Waals surface area contributed by atoms with Gasteiger partial charge in [0.25, 0.3) is 5.91 Å². The molecular weight excluding hydrogens is 436 g/mol. The Bertz CT molecular complexity index is 968. The van der Waals surface area contributed by atoms with Gasteiger partial charge in [0.1, 0.15) is 12.3 Å².